The topological polar surface area (TPSA) is 215 Å². The Labute approximate surface area is 340 Å². The van der Waals surface area contributed by atoms with Crippen LogP contribution in [0, 0.1) is 26.1 Å². The lowest BCUT2D eigenvalue weighted by Crippen LogP contribution is -2.47. The molecule has 2 aromatic heterocycles. The minimum absolute atomic E-state index is 0.0586. The van der Waals surface area contributed by atoms with Crippen molar-refractivity contribution < 1.29 is 32.5 Å². The van der Waals surface area contributed by atoms with Gasteiger partial charge in [-0.15, -0.1) is 0 Å². The van der Waals surface area contributed by atoms with Crippen LogP contribution in [-0.2, 0) is 21.2 Å². The van der Waals surface area contributed by atoms with Crippen LogP contribution in [0.3, 0.4) is 0 Å². The Hall–Kier alpha value is -6.11. The lowest BCUT2D eigenvalue weighted by atomic mass is 9.95. The number of anilines is 2. The van der Waals surface area contributed by atoms with Crippen molar-refractivity contribution in [3.63, 3.8) is 0 Å². The number of nitro benzene ring substituents is 2. The van der Waals surface area contributed by atoms with E-state index in [9.17, 15) is 33.4 Å². The summed E-state index contributed by atoms with van der Waals surface area (Å²) in [6, 6.07) is 17.4. The fraction of sp³-hybridized carbons (Fsp3) is 0.366. The van der Waals surface area contributed by atoms with E-state index in [0.29, 0.717) is 63.8 Å². The van der Waals surface area contributed by atoms with Gasteiger partial charge in [-0.25, -0.2) is 18.1 Å². The van der Waals surface area contributed by atoms with Crippen molar-refractivity contribution in [2.75, 3.05) is 56.2 Å². The highest BCUT2D eigenvalue weighted by Gasteiger charge is 2.32. The van der Waals surface area contributed by atoms with Gasteiger partial charge in [-0.1, -0.05) is 18.6 Å². The third kappa shape index (κ3) is 8.69. The second-order valence-corrected chi connectivity index (χ2v) is 16.7. The first-order valence-corrected chi connectivity index (χ1v) is 21.2. The summed E-state index contributed by atoms with van der Waals surface area (Å²) in [6.45, 7) is 4.32. The van der Waals surface area contributed by atoms with Crippen LogP contribution >= 0.6 is 0 Å². The molecule has 0 bridgehead atoms. The highest BCUT2D eigenvalue weighted by atomic mass is 32.2. The summed E-state index contributed by atoms with van der Waals surface area (Å²) < 4.78 is 41.0. The molecule has 1 atom stereocenters. The smallest absolute Gasteiger partial charge is 0.293 e. The monoisotopic (exact) mass is 824 g/mol. The van der Waals surface area contributed by atoms with Gasteiger partial charge in [0.2, 0.25) is 0 Å². The van der Waals surface area contributed by atoms with Gasteiger partial charge in [0.1, 0.15) is 22.8 Å². The van der Waals surface area contributed by atoms with Gasteiger partial charge in [0, 0.05) is 93.0 Å². The van der Waals surface area contributed by atoms with Crippen LogP contribution in [0.25, 0.3) is 11.0 Å². The number of hydrogen-bond acceptors (Lipinski definition) is 13. The van der Waals surface area contributed by atoms with Crippen molar-refractivity contribution in [3.8, 4) is 11.5 Å². The fourth-order valence-corrected chi connectivity index (χ4v) is 9.30. The molecule has 3 N–H and O–H groups in total. The molecule has 2 fully saturated rings. The number of nitro groups is 2. The van der Waals surface area contributed by atoms with Crippen LogP contribution in [0.5, 0.6) is 11.5 Å². The van der Waals surface area contributed by atoms with E-state index in [1.54, 1.807) is 36.5 Å². The van der Waals surface area contributed by atoms with Gasteiger partial charge in [-0.05, 0) is 80.0 Å². The summed E-state index contributed by atoms with van der Waals surface area (Å²) in [4.78, 5) is 48.3. The average Bonchev–Trinajstić information content (AvgIpc) is 3.60. The second-order valence-electron chi connectivity index (χ2n) is 15.1. The molecule has 59 heavy (non-hydrogen) atoms. The number of piperazine rings is 1. The maximum atomic E-state index is 13.9. The molecule has 8 rings (SSSR count). The molecule has 4 heterocycles. The number of benzene rings is 3. The van der Waals surface area contributed by atoms with Crippen molar-refractivity contribution in [1.29, 1.82) is 0 Å². The van der Waals surface area contributed by atoms with Gasteiger partial charge in [0.15, 0.2) is 0 Å². The van der Waals surface area contributed by atoms with Crippen LogP contribution in [0.4, 0.5) is 22.7 Å². The first kappa shape index (κ1) is 39.7. The Kier molecular flexibility index (Phi) is 11.4. The molecule has 2 saturated heterocycles. The predicted octanol–water partition coefficient (Wildman–Crippen LogP) is 6.72. The zero-order valence-corrected chi connectivity index (χ0v) is 33.0. The molecule has 3 aromatic carbocycles. The molecule has 308 valence electrons. The molecule has 0 saturated carbocycles. The zero-order valence-electron chi connectivity index (χ0n) is 32.2. The Morgan fingerprint density at radius 1 is 0.932 bits per heavy atom. The van der Waals surface area contributed by atoms with E-state index in [1.165, 1.54) is 24.4 Å². The maximum Gasteiger partial charge on any atom is 0.293 e. The van der Waals surface area contributed by atoms with Crippen molar-refractivity contribution in [2.24, 2.45) is 5.92 Å². The zero-order chi connectivity index (χ0) is 41.1. The van der Waals surface area contributed by atoms with E-state index in [0.717, 1.165) is 60.4 Å². The summed E-state index contributed by atoms with van der Waals surface area (Å²) in [5.74, 6) is -0.330. The van der Waals surface area contributed by atoms with E-state index in [-0.39, 0.29) is 39.6 Å². The molecular formula is C41H44N8O9S. The molecule has 18 heteroatoms. The van der Waals surface area contributed by atoms with E-state index in [4.69, 9.17) is 9.47 Å². The molecule has 3 aliphatic rings. The summed E-state index contributed by atoms with van der Waals surface area (Å²) in [7, 11) is -4.58. The number of ether oxygens (including phenoxy) is 2. The quantitative estimate of drug-likeness (QED) is 0.0678. The number of hydrogen-bond donors (Lipinski definition) is 3. The third-order valence-electron chi connectivity index (χ3n) is 11.5. The molecule has 17 nitrogen and oxygen atoms in total. The summed E-state index contributed by atoms with van der Waals surface area (Å²) in [5.41, 5.74) is 3.06. The van der Waals surface area contributed by atoms with Gasteiger partial charge in [-0.2, -0.15) is 0 Å². The third-order valence-corrected chi connectivity index (χ3v) is 12.8. The number of rotatable bonds is 12. The van der Waals surface area contributed by atoms with Crippen molar-refractivity contribution in [3.05, 3.63) is 116 Å². The number of nitrogens with one attached hydrogen (secondary N) is 3. The highest BCUT2D eigenvalue weighted by molar-refractivity contribution is 7.90. The normalized spacial score (nSPS) is 17.8. The number of amides is 1. The SMILES string of the molecule is O=C(NS(=O)(=O)c1ccc(NCC2CCOCC2)c([N+](=O)[O-])c1)c1ccc(N2CCN(C3CCCCc4c3cccc4[N+](=O)[O-])CC2)cc1Oc1cnc2[nH]ccc2c1. The lowest BCUT2D eigenvalue weighted by molar-refractivity contribution is -0.385. The number of sulfonamides is 1. The molecule has 5 aromatic rings. The Bertz CT molecular complexity index is 2500. The largest absolute Gasteiger partial charge is 0.455 e. The van der Waals surface area contributed by atoms with Gasteiger partial charge >= 0.3 is 0 Å². The minimum atomic E-state index is -4.58. The van der Waals surface area contributed by atoms with Crippen molar-refractivity contribution in [2.45, 2.75) is 49.5 Å². The van der Waals surface area contributed by atoms with E-state index in [2.05, 4.69) is 29.8 Å². The van der Waals surface area contributed by atoms with Crippen LogP contribution in [0.15, 0.2) is 84.0 Å². The highest BCUT2D eigenvalue weighted by Crippen LogP contribution is 2.39. The van der Waals surface area contributed by atoms with Crippen molar-refractivity contribution >= 4 is 49.7 Å². The molecule has 0 radical (unpaired) electrons. The Balaban J connectivity index is 1.02. The number of aromatic amines is 1. The van der Waals surface area contributed by atoms with Crippen molar-refractivity contribution in [1.82, 2.24) is 19.6 Å². The van der Waals surface area contributed by atoms with E-state index >= 15 is 0 Å². The molecule has 2 aliphatic heterocycles. The van der Waals surface area contributed by atoms with Crippen LogP contribution in [0.1, 0.15) is 59.6 Å². The molecular weight excluding hydrogens is 781 g/mol. The predicted molar refractivity (Wildman–Crippen MR) is 220 cm³/mol. The van der Waals surface area contributed by atoms with Gasteiger partial charge in [0.05, 0.1) is 26.5 Å². The standard InChI is InChI=1S/C41H44N8O9S/c50-41(45-59(55,56)31-9-11-35(38(24-31)49(53)54)43-25-27-13-20-57-21-14-27)34-10-8-29(23-39(34)58-30-22-28-12-15-42-40(28)44-26-30)46-16-18-47(19-17-46)36-6-2-1-4-33-32(36)5-3-7-37(33)48(51)52/h3,5,7-12,15,22-24,26-27,36,43H,1-2,4,6,13-14,16-21,25H2,(H,42,44)(H,45,50). The summed E-state index contributed by atoms with van der Waals surface area (Å²) in [6.07, 6.45) is 8.30. The average molecular weight is 825 g/mol. The number of carbonyl (C=O) groups excluding carboxylic acids is 1. The lowest BCUT2D eigenvalue weighted by Gasteiger charge is -2.40. The number of nitrogens with zero attached hydrogens (tertiary/aromatic N) is 5. The number of carbonyl (C=O) groups is 1. The van der Waals surface area contributed by atoms with Gasteiger partial charge < -0.3 is 24.7 Å². The number of H-pyrrole nitrogens is 1. The number of pyridine rings is 1. The molecule has 1 amide bonds. The fourth-order valence-electron chi connectivity index (χ4n) is 8.32. The summed E-state index contributed by atoms with van der Waals surface area (Å²) in [5, 5.41) is 27.7. The van der Waals surface area contributed by atoms with E-state index < -0.39 is 31.4 Å². The second kappa shape index (κ2) is 17.0. The van der Waals surface area contributed by atoms with E-state index in [1.807, 2.05) is 12.1 Å². The first-order valence-electron chi connectivity index (χ1n) is 19.7. The molecule has 1 aliphatic carbocycles. The van der Waals surface area contributed by atoms with Crippen LogP contribution in [-0.4, -0.2) is 85.0 Å². The summed E-state index contributed by atoms with van der Waals surface area (Å²) >= 11 is 0. The first-order chi connectivity index (χ1) is 28.5. The van der Waals surface area contributed by atoms with Crippen LogP contribution in [0.2, 0.25) is 0 Å². The minimum Gasteiger partial charge on any atom is -0.455 e. The van der Waals surface area contributed by atoms with Gasteiger partial charge in [0.25, 0.3) is 27.3 Å². The number of aromatic nitrogens is 2. The van der Waals surface area contributed by atoms with Gasteiger partial charge in [-0.3, -0.25) is 29.9 Å². The van der Waals surface area contributed by atoms with Crippen LogP contribution < -0.4 is 19.7 Å². The Morgan fingerprint density at radius 2 is 1.73 bits per heavy atom. The Morgan fingerprint density at radius 3 is 2.51 bits per heavy atom. The molecule has 1 unspecified atom stereocenters. The number of fused-ring (bicyclic) bond motifs is 2. The maximum absolute atomic E-state index is 13.9. The molecule has 0 spiro atoms.